The molecule has 1 unspecified atom stereocenters. The van der Waals surface area contributed by atoms with E-state index < -0.39 is 11.6 Å². The van der Waals surface area contributed by atoms with Crippen LogP contribution in [0.1, 0.15) is 18.1 Å². The molecule has 5 nitrogen and oxygen atoms in total. The Kier molecular flexibility index (Phi) is 3.98. The third-order valence-electron chi connectivity index (χ3n) is 2.39. The van der Waals surface area contributed by atoms with E-state index in [9.17, 15) is 9.90 Å². The van der Waals surface area contributed by atoms with Gasteiger partial charge in [0.1, 0.15) is 0 Å². The van der Waals surface area contributed by atoms with E-state index in [1.165, 1.54) is 6.92 Å². The van der Waals surface area contributed by atoms with E-state index in [0.29, 0.717) is 6.54 Å². The SMILES string of the molecule is Cc1ccncc1CNCC(C)(O)C(=O)O. The predicted octanol–water partition coefficient (Wildman–Crippen LogP) is 0.315. The molecule has 0 fully saturated rings. The first kappa shape index (κ1) is 12.6. The Hall–Kier alpha value is -1.46. The standard InChI is InChI=1S/C11H16N2O3/c1-8-3-4-12-5-9(8)6-13-7-11(2,16)10(14)15/h3-5,13,16H,6-7H2,1-2H3,(H,14,15). The molecule has 0 aliphatic rings. The average Bonchev–Trinajstić information content (AvgIpc) is 2.20. The van der Waals surface area contributed by atoms with Crippen molar-refractivity contribution >= 4 is 5.97 Å². The van der Waals surface area contributed by atoms with Gasteiger partial charge in [-0.2, -0.15) is 0 Å². The van der Waals surface area contributed by atoms with E-state index in [-0.39, 0.29) is 6.54 Å². The highest BCUT2D eigenvalue weighted by atomic mass is 16.4. The Morgan fingerprint density at radius 2 is 2.31 bits per heavy atom. The monoisotopic (exact) mass is 224 g/mol. The maximum Gasteiger partial charge on any atom is 0.336 e. The van der Waals surface area contributed by atoms with Gasteiger partial charge in [-0.15, -0.1) is 0 Å². The van der Waals surface area contributed by atoms with Crippen molar-refractivity contribution in [3.05, 3.63) is 29.6 Å². The number of hydrogen-bond donors (Lipinski definition) is 3. The molecule has 1 aromatic rings. The van der Waals surface area contributed by atoms with Gasteiger partial charge in [-0.05, 0) is 31.0 Å². The minimum Gasteiger partial charge on any atom is -0.479 e. The number of carbonyl (C=O) groups is 1. The van der Waals surface area contributed by atoms with Gasteiger partial charge < -0.3 is 15.5 Å². The molecule has 1 atom stereocenters. The predicted molar refractivity (Wildman–Crippen MR) is 58.9 cm³/mol. The van der Waals surface area contributed by atoms with E-state index in [0.717, 1.165) is 11.1 Å². The van der Waals surface area contributed by atoms with Gasteiger partial charge in [-0.3, -0.25) is 4.98 Å². The zero-order chi connectivity index (χ0) is 12.2. The summed E-state index contributed by atoms with van der Waals surface area (Å²) in [6.07, 6.45) is 3.42. The van der Waals surface area contributed by atoms with Crippen LogP contribution in [0.25, 0.3) is 0 Å². The van der Waals surface area contributed by atoms with Crippen LogP contribution in [-0.2, 0) is 11.3 Å². The van der Waals surface area contributed by atoms with Gasteiger partial charge in [0.15, 0.2) is 5.60 Å². The Balaban J connectivity index is 2.48. The highest BCUT2D eigenvalue weighted by Crippen LogP contribution is 2.06. The summed E-state index contributed by atoms with van der Waals surface area (Å²) >= 11 is 0. The summed E-state index contributed by atoms with van der Waals surface area (Å²) in [6.45, 7) is 3.70. The molecular formula is C11H16N2O3. The van der Waals surface area contributed by atoms with Gasteiger partial charge in [0.25, 0.3) is 0 Å². The molecule has 16 heavy (non-hydrogen) atoms. The van der Waals surface area contributed by atoms with Crippen molar-refractivity contribution in [2.45, 2.75) is 26.0 Å². The van der Waals surface area contributed by atoms with Crippen molar-refractivity contribution in [3.63, 3.8) is 0 Å². The number of nitrogens with zero attached hydrogens (tertiary/aromatic N) is 1. The minimum absolute atomic E-state index is 0.00331. The molecule has 0 bridgehead atoms. The lowest BCUT2D eigenvalue weighted by molar-refractivity contribution is -0.156. The van der Waals surface area contributed by atoms with Crippen LogP contribution >= 0.6 is 0 Å². The highest BCUT2D eigenvalue weighted by Gasteiger charge is 2.28. The van der Waals surface area contributed by atoms with E-state index in [4.69, 9.17) is 5.11 Å². The summed E-state index contributed by atoms with van der Waals surface area (Å²) in [7, 11) is 0. The van der Waals surface area contributed by atoms with Gasteiger partial charge in [-0.25, -0.2) is 4.79 Å². The zero-order valence-corrected chi connectivity index (χ0v) is 9.40. The maximum absolute atomic E-state index is 10.6. The molecular weight excluding hydrogens is 208 g/mol. The Bertz CT molecular complexity index is 377. The minimum atomic E-state index is -1.74. The average molecular weight is 224 g/mol. The van der Waals surface area contributed by atoms with E-state index in [1.807, 2.05) is 13.0 Å². The number of rotatable bonds is 5. The summed E-state index contributed by atoms with van der Waals surface area (Å²) < 4.78 is 0. The van der Waals surface area contributed by atoms with Crippen LogP contribution in [0.4, 0.5) is 0 Å². The fourth-order valence-electron chi connectivity index (χ4n) is 1.20. The summed E-state index contributed by atoms with van der Waals surface area (Å²) in [6, 6.07) is 1.88. The number of aliphatic hydroxyl groups is 1. The van der Waals surface area contributed by atoms with Gasteiger partial charge >= 0.3 is 5.97 Å². The number of nitrogens with one attached hydrogen (secondary N) is 1. The van der Waals surface area contributed by atoms with Crippen LogP contribution < -0.4 is 5.32 Å². The maximum atomic E-state index is 10.6. The summed E-state index contributed by atoms with van der Waals surface area (Å²) in [5.74, 6) is -1.23. The van der Waals surface area contributed by atoms with Crippen LogP contribution in [0.15, 0.2) is 18.5 Å². The zero-order valence-electron chi connectivity index (χ0n) is 9.40. The van der Waals surface area contributed by atoms with Gasteiger partial charge in [0, 0.05) is 25.5 Å². The molecule has 3 N–H and O–H groups in total. The Morgan fingerprint density at radius 3 is 2.88 bits per heavy atom. The largest absolute Gasteiger partial charge is 0.479 e. The first-order chi connectivity index (χ1) is 7.43. The van der Waals surface area contributed by atoms with Gasteiger partial charge in [-0.1, -0.05) is 0 Å². The molecule has 5 heteroatoms. The number of carboxylic acid groups (broad SMARTS) is 1. The van der Waals surface area contributed by atoms with Crippen LogP contribution in [0.2, 0.25) is 0 Å². The summed E-state index contributed by atoms with van der Waals surface area (Å²) in [5.41, 5.74) is 0.331. The van der Waals surface area contributed by atoms with Crippen LogP contribution in [0.5, 0.6) is 0 Å². The number of carboxylic acids is 1. The lowest BCUT2D eigenvalue weighted by Gasteiger charge is -2.18. The van der Waals surface area contributed by atoms with E-state index in [2.05, 4.69) is 10.3 Å². The third-order valence-corrected chi connectivity index (χ3v) is 2.39. The lowest BCUT2D eigenvalue weighted by Crippen LogP contribution is -2.44. The first-order valence-corrected chi connectivity index (χ1v) is 4.99. The fraction of sp³-hybridized carbons (Fsp3) is 0.455. The van der Waals surface area contributed by atoms with Gasteiger partial charge in [0.2, 0.25) is 0 Å². The molecule has 0 saturated heterocycles. The lowest BCUT2D eigenvalue weighted by atomic mass is 10.1. The van der Waals surface area contributed by atoms with Crippen molar-refractivity contribution in [2.24, 2.45) is 0 Å². The first-order valence-electron chi connectivity index (χ1n) is 4.99. The molecule has 0 aliphatic heterocycles. The Labute approximate surface area is 94.1 Å². The molecule has 0 aromatic carbocycles. The van der Waals surface area contributed by atoms with Crippen molar-refractivity contribution in [1.29, 1.82) is 0 Å². The van der Waals surface area contributed by atoms with Crippen LogP contribution in [0, 0.1) is 6.92 Å². The van der Waals surface area contributed by atoms with Crippen molar-refractivity contribution in [2.75, 3.05) is 6.54 Å². The normalized spacial score (nSPS) is 14.4. The van der Waals surface area contributed by atoms with Crippen molar-refractivity contribution < 1.29 is 15.0 Å². The van der Waals surface area contributed by atoms with E-state index >= 15 is 0 Å². The quantitative estimate of drug-likeness (QED) is 0.670. The van der Waals surface area contributed by atoms with Crippen LogP contribution in [-0.4, -0.2) is 33.3 Å². The Morgan fingerprint density at radius 1 is 1.62 bits per heavy atom. The number of pyridine rings is 1. The fourth-order valence-corrected chi connectivity index (χ4v) is 1.20. The number of aliphatic carboxylic acids is 1. The molecule has 1 rings (SSSR count). The van der Waals surface area contributed by atoms with Crippen molar-refractivity contribution in [1.82, 2.24) is 10.3 Å². The van der Waals surface area contributed by atoms with Crippen molar-refractivity contribution in [3.8, 4) is 0 Å². The summed E-state index contributed by atoms with van der Waals surface area (Å²) in [4.78, 5) is 14.6. The smallest absolute Gasteiger partial charge is 0.336 e. The molecule has 88 valence electrons. The number of aryl methyl sites for hydroxylation is 1. The number of hydrogen-bond acceptors (Lipinski definition) is 4. The second-order valence-electron chi connectivity index (χ2n) is 3.98. The molecule has 0 saturated carbocycles. The molecule has 0 amide bonds. The number of aromatic nitrogens is 1. The molecule has 1 aromatic heterocycles. The third kappa shape index (κ3) is 3.29. The molecule has 0 aliphatic carbocycles. The highest BCUT2D eigenvalue weighted by molar-refractivity contribution is 5.76. The molecule has 0 spiro atoms. The van der Waals surface area contributed by atoms with Gasteiger partial charge in [0.05, 0.1) is 0 Å². The molecule has 0 radical (unpaired) electrons. The second-order valence-corrected chi connectivity index (χ2v) is 3.98. The second kappa shape index (κ2) is 5.05. The van der Waals surface area contributed by atoms with Crippen LogP contribution in [0.3, 0.4) is 0 Å². The topological polar surface area (TPSA) is 82.5 Å². The van der Waals surface area contributed by atoms with E-state index in [1.54, 1.807) is 12.4 Å². The summed E-state index contributed by atoms with van der Waals surface area (Å²) in [5, 5.41) is 21.0. The molecule has 1 heterocycles.